The fourth-order valence-corrected chi connectivity index (χ4v) is 3.57. The summed E-state index contributed by atoms with van der Waals surface area (Å²) in [5.74, 6) is -1.15. The van der Waals surface area contributed by atoms with Crippen LogP contribution in [0, 0.1) is 0 Å². The van der Waals surface area contributed by atoms with Gasteiger partial charge < -0.3 is 5.11 Å². The van der Waals surface area contributed by atoms with E-state index in [2.05, 4.69) is 4.72 Å². The van der Waals surface area contributed by atoms with Crippen molar-refractivity contribution in [3.8, 4) is 0 Å². The van der Waals surface area contributed by atoms with Crippen molar-refractivity contribution >= 4 is 21.9 Å². The highest BCUT2D eigenvalue weighted by molar-refractivity contribution is 7.90. The normalized spacial score (nSPS) is 17.4. The fraction of sp³-hybridized carbons (Fsp3) is 0.462. The number of nitrogens with one attached hydrogen (secondary N) is 1. The zero-order valence-corrected chi connectivity index (χ0v) is 11.9. The third kappa shape index (κ3) is 3.49. The molecular weight excluding hydrogens is 280 g/mol. The summed E-state index contributed by atoms with van der Waals surface area (Å²) in [5.41, 5.74) is 0.0511. The molecule has 0 radical (unpaired) electrons. The molecule has 1 aromatic carbocycles. The van der Waals surface area contributed by atoms with Gasteiger partial charge in [-0.25, -0.2) is 4.79 Å². The zero-order chi connectivity index (χ0) is 14.6. The molecule has 0 spiro atoms. The van der Waals surface area contributed by atoms with E-state index in [1.807, 2.05) is 0 Å². The first-order valence-electron chi connectivity index (χ1n) is 6.61. The van der Waals surface area contributed by atoms with Crippen LogP contribution in [0.5, 0.6) is 0 Å². The SMILES string of the molecule is O=C(O)c1ccccc1NS(=O)(=O)N1CCCCCC1. The molecule has 1 fully saturated rings. The number of rotatable bonds is 4. The molecule has 110 valence electrons. The van der Waals surface area contributed by atoms with E-state index in [9.17, 15) is 13.2 Å². The molecule has 1 aliphatic heterocycles. The van der Waals surface area contributed by atoms with E-state index in [1.54, 1.807) is 12.1 Å². The minimum absolute atomic E-state index is 0.0501. The van der Waals surface area contributed by atoms with Crippen molar-refractivity contribution in [1.82, 2.24) is 4.31 Å². The van der Waals surface area contributed by atoms with Crippen molar-refractivity contribution in [3.05, 3.63) is 29.8 Å². The Morgan fingerprint density at radius 3 is 2.30 bits per heavy atom. The molecule has 0 saturated carbocycles. The van der Waals surface area contributed by atoms with E-state index >= 15 is 0 Å². The van der Waals surface area contributed by atoms with E-state index in [4.69, 9.17) is 5.11 Å². The number of aromatic carboxylic acids is 1. The van der Waals surface area contributed by atoms with E-state index in [1.165, 1.54) is 16.4 Å². The monoisotopic (exact) mass is 298 g/mol. The number of carbonyl (C=O) groups is 1. The maximum Gasteiger partial charge on any atom is 0.337 e. The van der Waals surface area contributed by atoms with E-state index in [-0.39, 0.29) is 11.3 Å². The van der Waals surface area contributed by atoms with Gasteiger partial charge in [0.25, 0.3) is 0 Å². The van der Waals surface area contributed by atoms with E-state index in [0.717, 1.165) is 25.7 Å². The van der Waals surface area contributed by atoms with Crippen LogP contribution >= 0.6 is 0 Å². The highest BCUT2D eigenvalue weighted by Crippen LogP contribution is 2.20. The summed E-state index contributed by atoms with van der Waals surface area (Å²) in [7, 11) is -3.70. The minimum atomic E-state index is -3.70. The second kappa shape index (κ2) is 6.23. The quantitative estimate of drug-likeness (QED) is 0.889. The average molecular weight is 298 g/mol. The molecule has 0 amide bonds. The second-order valence-corrected chi connectivity index (χ2v) is 6.44. The third-order valence-corrected chi connectivity index (χ3v) is 4.82. The zero-order valence-electron chi connectivity index (χ0n) is 11.1. The Bertz CT molecular complexity index is 578. The van der Waals surface area contributed by atoms with E-state index < -0.39 is 16.2 Å². The molecule has 1 heterocycles. The van der Waals surface area contributed by atoms with Crippen molar-refractivity contribution in [2.75, 3.05) is 17.8 Å². The van der Waals surface area contributed by atoms with E-state index in [0.29, 0.717) is 13.1 Å². The summed E-state index contributed by atoms with van der Waals surface area (Å²) in [5, 5.41) is 9.07. The Labute approximate surface area is 118 Å². The molecule has 0 bridgehead atoms. The Morgan fingerprint density at radius 1 is 1.10 bits per heavy atom. The molecule has 20 heavy (non-hydrogen) atoms. The van der Waals surface area contributed by atoms with Crippen LogP contribution in [0.15, 0.2) is 24.3 Å². The third-order valence-electron chi connectivity index (χ3n) is 3.30. The van der Waals surface area contributed by atoms with Crippen LogP contribution in [0.4, 0.5) is 5.69 Å². The molecule has 2 rings (SSSR count). The Kier molecular flexibility index (Phi) is 4.61. The lowest BCUT2D eigenvalue weighted by Gasteiger charge is -2.21. The fourth-order valence-electron chi connectivity index (χ4n) is 2.24. The van der Waals surface area contributed by atoms with Gasteiger partial charge in [-0.1, -0.05) is 25.0 Å². The first-order chi connectivity index (χ1) is 9.50. The maximum absolute atomic E-state index is 12.3. The number of carboxylic acid groups (broad SMARTS) is 1. The summed E-state index contributed by atoms with van der Waals surface area (Å²) in [6, 6.07) is 6.00. The number of para-hydroxylation sites is 1. The van der Waals surface area contributed by atoms with Crippen molar-refractivity contribution < 1.29 is 18.3 Å². The number of hydrogen-bond donors (Lipinski definition) is 2. The summed E-state index contributed by atoms with van der Waals surface area (Å²) >= 11 is 0. The minimum Gasteiger partial charge on any atom is -0.478 e. The topological polar surface area (TPSA) is 86.7 Å². The number of nitrogens with zero attached hydrogens (tertiary/aromatic N) is 1. The number of carboxylic acids is 1. The standard InChI is InChI=1S/C13H18N2O4S/c16-13(17)11-7-3-4-8-12(11)14-20(18,19)15-9-5-1-2-6-10-15/h3-4,7-8,14H,1-2,5-6,9-10H2,(H,16,17). The number of benzene rings is 1. The van der Waals surface area contributed by atoms with Crippen LogP contribution < -0.4 is 4.72 Å². The van der Waals surface area contributed by atoms with Gasteiger partial charge in [0.05, 0.1) is 11.3 Å². The van der Waals surface area contributed by atoms with Gasteiger partial charge in [-0.2, -0.15) is 12.7 Å². The van der Waals surface area contributed by atoms with Gasteiger partial charge in [0.2, 0.25) is 0 Å². The first kappa shape index (κ1) is 14.8. The Hall–Kier alpha value is -1.60. The van der Waals surface area contributed by atoms with Crippen molar-refractivity contribution in [3.63, 3.8) is 0 Å². The summed E-state index contributed by atoms with van der Waals surface area (Å²) < 4.78 is 28.4. The van der Waals surface area contributed by atoms with Gasteiger partial charge in [-0.3, -0.25) is 4.72 Å². The summed E-state index contributed by atoms with van der Waals surface area (Å²) in [6.45, 7) is 0.954. The van der Waals surface area contributed by atoms with Crippen LogP contribution in [0.1, 0.15) is 36.0 Å². The lowest BCUT2D eigenvalue weighted by molar-refractivity contribution is 0.0698. The summed E-state index contributed by atoms with van der Waals surface area (Å²) in [4.78, 5) is 11.1. The Morgan fingerprint density at radius 2 is 1.70 bits per heavy atom. The molecule has 0 aromatic heterocycles. The van der Waals surface area contributed by atoms with Gasteiger partial charge >= 0.3 is 16.2 Å². The largest absolute Gasteiger partial charge is 0.478 e. The van der Waals surface area contributed by atoms with Crippen molar-refractivity contribution in [2.24, 2.45) is 0 Å². The first-order valence-corrected chi connectivity index (χ1v) is 8.05. The second-order valence-electron chi connectivity index (χ2n) is 4.77. The maximum atomic E-state index is 12.3. The average Bonchev–Trinajstić information content (AvgIpc) is 2.68. The Balaban J connectivity index is 2.21. The van der Waals surface area contributed by atoms with Crippen LogP contribution in [0.3, 0.4) is 0 Å². The summed E-state index contributed by atoms with van der Waals surface area (Å²) in [6.07, 6.45) is 3.72. The van der Waals surface area contributed by atoms with Crippen LogP contribution in [0.2, 0.25) is 0 Å². The molecule has 0 atom stereocenters. The molecule has 6 nitrogen and oxygen atoms in total. The van der Waals surface area contributed by atoms with Crippen molar-refractivity contribution in [2.45, 2.75) is 25.7 Å². The van der Waals surface area contributed by atoms with Crippen LogP contribution in [-0.4, -0.2) is 36.9 Å². The van der Waals surface area contributed by atoms with Gasteiger partial charge in [-0.05, 0) is 25.0 Å². The molecule has 2 N–H and O–H groups in total. The smallest absolute Gasteiger partial charge is 0.337 e. The molecular formula is C13H18N2O4S. The lowest BCUT2D eigenvalue weighted by atomic mass is 10.2. The molecule has 1 aromatic rings. The van der Waals surface area contributed by atoms with Crippen LogP contribution in [-0.2, 0) is 10.2 Å². The highest BCUT2D eigenvalue weighted by atomic mass is 32.2. The van der Waals surface area contributed by atoms with Gasteiger partial charge in [0, 0.05) is 13.1 Å². The highest BCUT2D eigenvalue weighted by Gasteiger charge is 2.24. The molecule has 1 saturated heterocycles. The number of hydrogen-bond acceptors (Lipinski definition) is 3. The molecule has 0 unspecified atom stereocenters. The molecule has 7 heteroatoms. The number of anilines is 1. The van der Waals surface area contributed by atoms with Gasteiger partial charge in [-0.15, -0.1) is 0 Å². The van der Waals surface area contributed by atoms with Crippen molar-refractivity contribution in [1.29, 1.82) is 0 Å². The molecule has 1 aliphatic rings. The van der Waals surface area contributed by atoms with Crippen LogP contribution in [0.25, 0.3) is 0 Å². The van der Waals surface area contributed by atoms with Gasteiger partial charge in [0.1, 0.15) is 0 Å². The van der Waals surface area contributed by atoms with Gasteiger partial charge in [0.15, 0.2) is 0 Å². The predicted molar refractivity (Wildman–Crippen MR) is 76.0 cm³/mol. The lowest BCUT2D eigenvalue weighted by Crippen LogP contribution is -2.36. The molecule has 0 aliphatic carbocycles. The predicted octanol–water partition coefficient (Wildman–Crippen LogP) is 1.92.